The van der Waals surface area contributed by atoms with Crippen LogP contribution in [0.15, 0.2) is 28.8 Å². The van der Waals surface area contributed by atoms with Crippen LogP contribution in [0.25, 0.3) is 0 Å². The van der Waals surface area contributed by atoms with Crippen LogP contribution in [0, 0.1) is 25.7 Å². The lowest BCUT2D eigenvalue weighted by molar-refractivity contribution is 0.0949. The third kappa shape index (κ3) is 3.94. The number of hydrogen-bond donors (Lipinski definition) is 2. The lowest BCUT2D eigenvalue weighted by Gasteiger charge is -2.07. The summed E-state index contributed by atoms with van der Waals surface area (Å²) >= 11 is 0. The first kappa shape index (κ1) is 14.8. The lowest BCUT2D eigenvalue weighted by atomic mass is 10.0. The zero-order valence-corrected chi connectivity index (χ0v) is 11.9. The fourth-order valence-corrected chi connectivity index (χ4v) is 1.85. The number of rotatable bonds is 3. The quantitative estimate of drug-likeness (QED) is 0.839. The van der Waals surface area contributed by atoms with E-state index in [9.17, 15) is 4.79 Å². The molecular weight excluding hydrogens is 268 g/mol. The topological polar surface area (TPSA) is 75.4 Å². The van der Waals surface area contributed by atoms with Gasteiger partial charge in [-0.05, 0) is 31.5 Å². The lowest BCUT2D eigenvalue weighted by Crippen LogP contribution is -2.23. The van der Waals surface area contributed by atoms with Crippen LogP contribution in [0.1, 0.15) is 32.9 Å². The van der Waals surface area contributed by atoms with Gasteiger partial charge < -0.3 is 14.9 Å². The van der Waals surface area contributed by atoms with Crippen molar-refractivity contribution >= 4 is 5.91 Å². The van der Waals surface area contributed by atoms with Crippen LogP contribution in [-0.4, -0.2) is 22.8 Å². The number of nitrogens with one attached hydrogen (secondary N) is 1. The fourth-order valence-electron chi connectivity index (χ4n) is 1.85. The van der Waals surface area contributed by atoms with Gasteiger partial charge in [-0.3, -0.25) is 4.79 Å². The molecule has 1 aromatic carbocycles. The molecule has 0 fully saturated rings. The molecule has 1 amide bonds. The third-order valence-electron chi connectivity index (χ3n) is 2.90. The minimum Gasteiger partial charge on any atom is -0.384 e. The van der Waals surface area contributed by atoms with Gasteiger partial charge in [0, 0.05) is 17.2 Å². The molecule has 2 N–H and O–H groups in total. The van der Waals surface area contributed by atoms with Crippen molar-refractivity contribution in [3.05, 3.63) is 52.4 Å². The summed E-state index contributed by atoms with van der Waals surface area (Å²) in [5, 5.41) is 15.3. The van der Waals surface area contributed by atoms with Gasteiger partial charge in [-0.25, -0.2) is 0 Å². The van der Waals surface area contributed by atoms with Crippen LogP contribution < -0.4 is 5.32 Å². The molecule has 0 aliphatic heterocycles. The van der Waals surface area contributed by atoms with Gasteiger partial charge in [0.15, 0.2) is 0 Å². The molecule has 0 unspecified atom stereocenters. The first-order chi connectivity index (χ1) is 10.1. The van der Waals surface area contributed by atoms with Crippen molar-refractivity contribution in [3.8, 4) is 11.8 Å². The van der Waals surface area contributed by atoms with E-state index in [1.165, 1.54) is 0 Å². The average Bonchev–Trinajstić information content (AvgIpc) is 2.89. The summed E-state index contributed by atoms with van der Waals surface area (Å²) in [6, 6.07) is 7.13. The first-order valence-electron chi connectivity index (χ1n) is 6.51. The maximum absolute atomic E-state index is 12.2. The summed E-state index contributed by atoms with van der Waals surface area (Å²) < 4.78 is 4.95. The molecule has 0 radical (unpaired) electrons. The molecule has 0 spiro atoms. The van der Waals surface area contributed by atoms with Crippen molar-refractivity contribution in [1.29, 1.82) is 0 Å². The number of aliphatic hydroxyl groups excluding tert-OH is 1. The van der Waals surface area contributed by atoms with E-state index in [4.69, 9.17) is 9.63 Å². The number of aromatic nitrogens is 1. The van der Waals surface area contributed by atoms with E-state index in [2.05, 4.69) is 22.3 Å². The van der Waals surface area contributed by atoms with Gasteiger partial charge >= 0.3 is 0 Å². The molecule has 1 aromatic heterocycles. The van der Waals surface area contributed by atoms with Crippen molar-refractivity contribution in [2.24, 2.45) is 0 Å². The van der Waals surface area contributed by atoms with Crippen LogP contribution >= 0.6 is 0 Å². The van der Waals surface area contributed by atoms with E-state index < -0.39 is 0 Å². The molecule has 5 nitrogen and oxygen atoms in total. The third-order valence-corrected chi connectivity index (χ3v) is 2.90. The van der Waals surface area contributed by atoms with E-state index >= 15 is 0 Å². The monoisotopic (exact) mass is 284 g/mol. The second-order valence-electron chi connectivity index (χ2n) is 4.60. The van der Waals surface area contributed by atoms with E-state index in [-0.39, 0.29) is 12.5 Å². The van der Waals surface area contributed by atoms with Crippen LogP contribution in [0.4, 0.5) is 0 Å². The molecule has 0 saturated heterocycles. The minimum absolute atomic E-state index is 0.194. The summed E-state index contributed by atoms with van der Waals surface area (Å²) in [6.45, 7) is 3.76. The number of aryl methyl sites for hydroxylation is 2. The van der Waals surface area contributed by atoms with Gasteiger partial charge in [0.1, 0.15) is 18.1 Å². The predicted molar refractivity (Wildman–Crippen MR) is 77.6 cm³/mol. The Bertz CT molecular complexity index is 708. The second-order valence-corrected chi connectivity index (χ2v) is 4.60. The van der Waals surface area contributed by atoms with E-state index in [0.29, 0.717) is 29.1 Å². The summed E-state index contributed by atoms with van der Waals surface area (Å²) in [7, 11) is 0. The Hall–Kier alpha value is -2.58. The van der Waals surface area contributed by atoms with Crippen molar-refractivity contribution < 1.29 is 14.4 Å². The molecule has 1 heterocycles. The van der Waals surface area contributed by atoms with Gasteiger partial charge in [0.05, 0.1) is 6.54 Å². The van der Waals surface area contributed by atoms with Crippen LogP contribution in [0.5, 0.6) is 0 Å². The SMILES string of the molecule is Cc1cc(CNC(=O)c2cc(C#CCO)ccc2C)no1. The Balaban J connectivity index is 2.10. The Morgan fingerprint density at radius 1 is 1.38 bits per heavy atom. The summed E-state index contributed by atoms with van der Waals surface area (Å²) in [5.74, 6) is 5.86. The van der Waals surface area contributed by atoms with Crippen molar-refractivity contribution in [2.75, 3.05) is 6.61 Å². The number of nitrogens with zero attached hydrogens (tertiary/aromatic N) is 1. The molecule has 0 saturated carbocycles. The molecule has 108 valence electrons. The Morgan fingerprint density at radius 2 is 2.19 bits per heavy atom. The fraction of sp³-hybridized carbons (Fsp3) is 0.250. The van der Waals surface area contributed by atoms with Crippen LogP contribution in [0.2, 0.25) is 0 Å². The van der Waals surface area contributed by atoms with E-state index in [0.717, 1.165) is 5.56 Å². The van der Waals surface area contributed by atoms with Crippen LogP contribution in [-0.2, 0) is 6.54 Å². The molecule has 5 heteroatoms. The molecule has 0 atom stereocenters. The van der Waals surface area contributed by atoms with Crippen LogP contribution in [0.3, 0.4) is 0 Å². The highest BCUT2D eigenvalue weighted by atomic mass is 16.5. The maximum Gasteiger partial charge on any atom is 0.251 e. The molecule has 2 rings (SSSR count). The smallest absolute Gasteiger partial charge is 0.251 e. The molecule has 0 bridgehead atoms. The van der Waals surface area contributed by atoms with E-state index in [1.54, 1.807) is 19.1 Å². The molecular formula is C16H16N2O3. The Kier molecular flexibility index (Phi) is 4.75. The Labute approximate surface area is 123 Å². The number of amides is 1. The number of carbonyl (C=O) groups is 1. The normalized spacial score (nSPS) is 9.86. The van der Waals surface area contributed by atoms with Gasteiger partial charge in [0.25, 0.3) is 5.91 Å². The summed E-state index contributed by atoms with van der Waals surface area (Å²) in [5.41, 5.74) is 2.78. The molecule has 0 aliphatic rings. The van der Waals surface area contributed by atoms with E-state index in [1.807, 2.05) is 19.1 Å². The minimum atomic E-state index is -0.207. The highest BCUT2D eigenvalue weighted by molar-refractivity contribution is 5.95. The predicted octanol–water partition coefficient (Wildman–Crippen LogP) is 1.57. The highest BCUT2D eigenvalue weighted by Gasteiger charge is 2.10. The number of hydrogen-bond acceptors (Lipinski definition) is 4. The second kappa shape index (κ2) is 6.73. The molecule has 2 aromatic rings. The Morgan fingerprint density at radius 3 is 2.86 bits per heavy atom. The first-order valence-corrected chi connectivity index (χ1v) is 6.51. The van der Waals surface area contributed by atoms with Gasteiger partial charge in [-0.15, -0.1) is 0 Å². The number of benzene rings is 1. The molecule has 21 heavy (non-hydrogen) atoms. The molecule has 0 aliphatic carbocycles. The summed E-state index contributed by atoms with van der Waals surface area (Å²) in [6.07, 6.45) is 0. The average molecular weight is 284 g/mol. The number of aliphatic hydroxyl groups is 1. The van der Waals surface area contributed by atoms with Crippen molar-refractivity contribution in [1.82, 2.24) is 10.5 Å². The van der Waals surface area contributed by atoms with Gasteiger partial charge in [-0.1, -0.05) is 23.1 Å². The summed E-state index contributed by atoms with van der Waals surface area (Å²) in [4.78, 5) is 12.2. The van der Waals surface area contributed by atoms with Gasteiger partial charge in [0.2, 0.25) is 0 Å². The van der Waals surface area contributed by atoms with Crippen molar-refractivity contribution in [3.63, 3.8) is 0 Å². The number of carbonyl (C=O) groups excluding carboxylic acids is 1. The standard InChI is InChI=1S/C16H16N2O3/c1-11-5-6-13(4-3-7-19)9-15(11)16(20)17-10-14-8-12(2)21-18-14/h5-6,8-9,19H,7,10H2,1-2H3,(H,17,20). The maximum atomic E-state index is 12.2. The zero-order chi connectivity index (χ0) is 15.2. The largest absolute Gasteiger partial charge is 0.384 e. The van der Waals surface area contributed by atoms with Crippen molar-refractivity contribution in [2.45, 2.75) is 20.4 Å². The zero-order valence-electron chi connectivity index (χ0n) is 11.9. The van der Waals surface area contributed by atoms with Gasteiger partial charge in [-0.2, -0.15) is 0 Å². The highest BCUT2D eigenvalue weighted by Crippen LogP contribution is 2.11.